The number of rotatable bonds is 2. The van der Waals surface area contributed by atoms with Gasteiger partial charge in [0.15, 0.2) is 0 Å². The van der Waals surface area contributed by atoms with Crippen molar-refractivity contribution in [2.45, 2.75) is 6.92 Å². The molecule has 6 heteroatoms. The van der Waals surface area contributed by atoms with E-state index in [1.54, 1.807) is 12.1 Å². The Balaban J connectivity index is 1.94. The Hall–Kier alpha value is -2.24. The summed E-state index contributed by atoms with van der Waals surface area (Å²) in [5.41, 5.74) is 2.73. The number of ether oxygens (including phenoxy) is 1. The molecule has 1 aliphatic heterocycles. The summed E-state index contributed by atoms with van der Waals surface area (Å²) >= 11 is 5.90. The summed E-state index contributed by atoms with van der Waals surface area (Å²) in [4.78, 5) is 11.5. The lowest BCUT2D eigenvalue weighted by molar-refractivity contribution is 0.122. The first-order valence-electron chi connectivity index (χ1n) is 8.18. The first-order chi connectivity index (χ1) is 12.1. The number of benzene rings is 1. The molecule has 3 aromatic rings. The van der Waals surface area contributed by atoms with Gasteiger partial charge in [0.1, 0.15) is 11.6 Å². The van der Waals surface area contributed by atoms with E-state index in [0.717, 1.165) is 35.5 Å². The number of fused-ring (bicyclic) bond motifs is 1. The SMILES string of the molecule is Cc1ccc2c(-c3ccc(Cl)cc3F)nc(N3CCOCC3)cc2n1. The van der Waals surface area contributed by atoms with Crippen molar-refractivity contribution >= 4 is 28.3 Å². The molecular formula is C19H17ClFN3O. The summed E-state index contributed by atoms with van der Waals surface area (Å²) in [6, 6.07) is 10.5. The Morgan fingerprint density at radius 1 is 1.08 bits per heavy atom. The third-order valence-corrected chi connectivity index (χ3v) is 4.57. The van der Waals surface area contributed by atoms with Crippen LogP contribution in [0.15, 0.2) is 36.4 Å². The number of pyridine rings is 2. The van der Waals surface area contributed by atoms with E-state index in [1.807, 2.05) is 25.1 Å². The van der Waals surface area contributed by atoms with Gasteiger partial charge in [0.05, 0.1) is 24.4 Å². The third-order valence-electron chi connectivity index (χ3n) is 4.33. The predicted octanol–water partition coefficient (Wildman–Crippen LogP) is 4.23. The normalized spacial score (nSPS) is 14.9. The zero-order valence-corrected chi connectivity index (χ0v) is 14.6. The van der Waals surface area contributed by atoms with E-state index in [-0.39, 0.29) is 5.82 Å². The molecule has 25 heavy (non-hydrogen) atoms. The summed E-state index contributed by atoms with van der Waals surface area (Å²) in [5.74, 6) is 0.402. The first-order valence-corrected chi connectivity index (χ1v) is 8.56. The van der Waals surface area contributed by atoms with E-state index in [0.29, 0.717) is 29.5 Å². The molecule has 128 valence electrons. The number of morpholine rings is 1. The molecule has 1 aliphatic rings. The van der Waals surface area contributed by atoms with E-state index >= 15 is 0 Å². The molecule has 0 unspecified atom stereocenters. The topological polar surface area (TPSA) is 38.2 Å². The van der Waals surface area contributed by atoms with Crippen LogP contribution in [0.25, 0.3) is 22.2 Å². The van der Waals surface area contributed by atoms with Crippen LogP contribution in [-0.2, 0) is 4.74 Å². The van der Waals surface area contributed by atoms with Gasteiger partial charge < -0.3 is 9.64 Å². The largest absolute Gasteiger partial charge is 0.378 e. The summed E-state index contributed by atoms with van der Waals surface area (Å²) < 4.78 is 20.0. The third kappa shape index (κ3) is 3.17. The summed E-state index contributed by atoms with van der Waals surface area (Å²) in [6.07, 6.45) is 0. The molecule has 2 aromatic heterocycles. The number of hydrogen-bond acceptors (Lipinski definition) is 4. The predicted molar refractivity (Wildman–Crippen MR) is 97.7 cm³/mol. The standard InChI is InChI=1S/C19H17ClFN3O/c1-12-2-4-15-17(22-12)11-18(24-6-8-25-9-7-24)23-19(15)14-5-3-13(20)10-16(14)21/h2-5,10-11H,6-9H2,1H3. The van der Waals surface area contributed by atoms with Gasteiger partial charge in [0.25, 0.3) is 0 Å². The summed E-state index contributed by atoms with van der Waals surface area (Å²) in [7, 11) is 0. The van der Waals surface area contributed by atoms with Crippen LogP contribution in [-0.4, -0.2) is 36.3 Å². The lowest BCUT2D eigenvalue weighted by atomic mass is 10.1. The van der Waals surface area contributed by atoms with Crippen molar-refractivity contribution in [1.29, 1.82) is 0 Å². The molecule has 3 heterocycles. The average Bonchev–Trinajstić information content (AvgIpc) is 2.61. The Kier molecular flexibility index (Phi) is 4.27. The molecule has 0 radical (unpaired) electrons. The second-order valence-electron chi connectivity index (χ2n) is 6.07. The van der Waals surface area contributed by atoms with Crippen molar-refractivity contribution in [3.05, 3.63) is 52.9 Å². The summed E-state index contributed by atoms with van der Waals surface area (Å²) in [6.45, 7) is 4.77. The molecule has 0 bridgehead atoms. The molecule has 0 spiro atoms. The molecule has 0 atom stereocenters. The lowest BCUT2D eigenvalue weighted by Crippen LogP contribution is -2.36. The monoisotopic (exact) mass is 357 g/mol. The van der Waals surface area contributed by atoms with Crippen LogP contribution >= 0.6 is 11.6 Å². The molecule has 0 N–H and O–H groups in total. The molecule has 1 fully saturated rings. The van der Waals surface area contributed by atoms with E-state index in [1.165, 1.54) is 6.07 Å². The van der Waals surface area contributed by atoms with Gasteiger partial charge >= 0.3 is 0 Å². The zero-order chi connectivity index (χ0) is 17.4. The highest BCUT2D eigenvalue weighted by molar-refractivity contribution is 6.30. The Morgan fingerprint density at radius 2 is 1.88 bits per heavy atom. The van der Waals surface area contributed by atoms with Crippen molar-refractivity contribution in [2.24, 2.45) is 0 Å². The van der Waals surface area contributed by atoms with Gasteiger partial charge in [-0.3, -0.25) is 4.98 Å². The Labute approximate surface area is 150 Å². The quantitative estimate of drug-likeness (QED) is 0.687. The minimum absolute atomic E-state index is 0.365. The number of aryl methyl sites for hydroxylation is 1. The summed E-state index contributed by atoms with van der Waals surface area (Å²) in [5, 5.41) is 1.19. The number of halogens is 2. The second kappa shape index (κ2) is 6.58. The van der Waals surface area contributed by atoms with Gasteiger partial charge in [0, 0.05) is 40.8 Å². The van der Waals surface area contributed by atoms with Crippen LogP contribution in [0.4, 0.5) is 10.2 Å². The van der Waals surface area contributed by atoms with Crippen molar-refractivity contribution in [3.63, 3.8) is 0 Å². The van der Waals surface area contributed by atoms with Crippen molar-refractivity contribution in [3.8, 4) is 11.3 Å². The first kappa shape index (κ1) is 16.2. The lowest BCUT2D eigenvalue weighted by Gasteiger charge is -2.28. The van der Waals surface area contributed by atoms with Gasteiger partial charge in [-0.1, -0.05) is 11.6 Å². The maximum atomic E-state index is 14.5. The molecule has 4 nitrogen and oxygen atoms in total. The fourth-order valence-corrected chi connectivity index (χ4v) is 3.22. The van der Waals surface area contributed by atoms with Gasteiger partial charge in [-0.2, -0.15) is 0 Å². The number of aromatic nitrogens is 2. The van der Waals surface area contributed by atoms with Gasteiger partial charge in [-0.15, -0.1) is 0 Å². The van der Waals surface area contributed by atoms with Crippen molar-refractivity contribution < 1.29 is 9.13 Å². The highest BCUT2D eigenvalue weighted by Gasteiger charge is 2.18. The maximum Gasteiger partial charge on any atom is 0.134 e. The minimum atomic E-state index is -0.388. The van der Waals surface area contributed by atoms with Crippen LogP contribution in [0, 0.1) is 12.7 Å². The maximum absolute atomic E-state index is 14.5. The Morgan fingerprint density at radius 3 is 2.64 bits per heavy atom. The molecule has 1 aromatic carbocycles. The van der Waals surface area contributed by atoms with E-state index in [2.05, 4.69) is 9.88 Å². The van der Waals surface area contributed by atoms with Gasteiger partial charge in [0.2, 0.25) is 0 Å². The average molecular weight is 358 g/mol. The van der Waals surface area contributed by atoms with E-state index < -0.39 is 0 Å². The van der Waals surface area contributed by atoms with Crippen molar-refractivity contribution in [1.82, 2.24) is 9.97 Å². The molecule has 0 saturated carbocycles. The van der Waals surface area contributed by atoms with Crippen molar-refractivity contribution in [2.75, 3.05) is 31.2 Å². The number of anilines is 1. The highest BCUT2D eigenvalue weighted by Crippen LogP contribution is 2.32. The molecule has 1 saturated heterocycles. The van der Waals surface area contributed by atoms with Crippen LogP contribution in [0.2, 0.25) is 5.02 Å². The van der Waals surface area contributed by atoms with Crippen LogP contribution in [0.3, 0.4) is 0 Å². The van der Waals surface area contributed by atoms with Crippen LogP contribution in [0.1, 0.15) is 5.69 Å². The molecule has 0 amide bonds. The minimum Gasteiger partial charge on any atom is -0.378 e. The van der Waals surface area contributed by atoms with E-state index in [4.69, 9.17) is 21.3 Å². The zero-order valence-electron chi connectivity index (χ0n) is 13.8. The second-order valence-corrected chi connectivity index (χ2v) is 6.51. The Bertz CT molecular complexity index is 941. The van der Waals surface area contributed by atoms with Gasteiger partial charge in [-0.05, 0) is 37.3 Å². The molecule has 4 rings (SSSR count). The number of nitrogens with zero attached hydrogens (tertiary/aromatic N) is 3. The highest BCUT2D eigenvalue weighted by atomic mass is 35.5. The number of hydrogen-bond donors (Lipinski definition) is 0. The fourth-order valence-electron chi connectivity index (χ4n) is 3.06. The van der Waals surface area contributed by atoms with Gasteiger partial charge in [-0.25, -0.2) is 9.37 Å². The molecular weight excluding hydrogens is 341 g/mol. The fraction of sp³-hybridized carbons (Fsp3) is 0.263. The van der Waals surface area contributed by atoms with E-state index in [9.17, 15) is 4.39 Å². The smallest absolute Gasteiger partial charge is 0.134 e. The van der Waals surface area contributed by atoms with Crippen LogP contribution in [0.5, 0.6) is 0 Å². The van der Waals surface area contributed by atoms with Crippen LogP contribution < -0.4 is 4.90 Å². The molecule has 0 aliphatic carbocycles.